The number of rotatable bonds is 5. The molecule has 0 bridgehead atoms. The van der Waals surface area contributed by atoms with Crippen LogP contribution in [0, 0.1) is 5.92 Å². The van der Waals surface area contributed by atoms with Gasteiger partial charge in [0.05, 0.1) is 15.5 Å². The van der Waals surface area contributed by atoms with E-state index < -0.39 is 25.8 Å². The van der Waals surface area contributed by atoms with E-state index in [2.05, 4.69) is 5.32 Å². The van der Waals surface area contributed by atoms with Crippen molar-refractivity contribution in [3.05, 3.63) is 54.1 Å². The van der Waals surface area contributed by atoms with Gasteiger partial charge in [0.15, 0.2) is 9.84 Å². The van der Waals surface area contributed by atoms with Gasteiger partial charge in [-0.1, -0.05) is 19.1 Å². The van der Waals surface area contributed by atoms with Crippen molar-refractivity contribution >= 4 is 31.5 Å². The average Bonchev–Trinajstić information content (AvgIpc) is 2.67. The number of sulfonamides is 1. The second-order valence-electron chi connectivity index (χ2n) is 7.36. The lowest BCUT2D eigenvalue weighted by Gasteiger charge is -2.30. The molecule has 1 aliphatic rings. The molecule has 2 aromatic carbocycles. The fourth-order valence-electron chi connectivity index (χ4n) is 3.38. The number of sulfone groups is 1. The van der Waals surface area contributed by atoms with Gasteiger partial charge in [0, 0.05) is 24.9 Å². The van der Waals surface area contributed by atoms with E-state index in [-0.39, 0.29) is 21.0 Å². The lowest BCUT2D eigenvalue weighted by atomic mass is 10.0. The number of carbonyl (C=O) groups excluding carboxylic acids is 1. The minimum Gasteiger partial charge on any atom is -0.321 e. The first-order valence-corrected chi connectivity index (χ1v) is 12.6. The maximum atomic E-state index is 12.8. The number of para-hydroxylation sites is 1. The maximum absolute atomic E-state index is 12.8. The summed E-state index contributed by atoms with van der Waals surface area (Å²) < 4.78 is 50.9. The topological polar surface area (TPSA) is 101 Å². The number of hydrogen-bond acceptors (Lipinski definition) is 5. The van der Waals surface area contributed by atoms with Gasteiger partial charge in [-0.05, 0) is 55.2 Å². The Kier molecular flexibility index (Phi) is 6.11. The summed E-state index contributed by atoms with van der Waals surface area (Å²) >= 11 is 0. The van der Waals surface area contributed by atoms with Gasteiger partial charge in [-0.2, -0.15) is 4.31 Å². The predicted octanol–water partition coefficient (Wildman–Crippen LogP) is 2.76. The Labute approximate surface area is 171 Å². The number of piperidine rings is 1. The van der Waals surface area contributed by atoms with Gasteiger partial charge >= 0.3 is 0 Å². The van der Waals surface area contributed by atoms with Crippen LogP contribution in [-0.4, -0.2) is 46.4 Å². The van der Waals surface area contributed by atoms with Crippen molar-refractivity contribution in [3.8, 4) is 0 Å². The van der Waals surface area contributed by atoms with Crippen molar-refractivity contribution in [2.24, 2.45) is 5.92 Å². The van der Waals surface area contributed by atoms with E-state index in [4.69, 9.17) is 0 Å². The summed E-state index contributed by atoms with van der Waals surface area (Å²) in [7, 11) is -7.10. The van der Waals surface area contributed by atoms with Crippen LogP contribution in [0.25, 0.3) is 0 Å². The number of nitrogens with zero attached hydrogens (tertiary/aromatic N) is 1. The molecule has 0 aromatic heterocycles. The number of nitrogens with one attached hydrogen (secondary N) is 1. The largest absolute Gasteiger partial charge is 0.321 e. The Morgan fingerprint density at radius 1 is 1.03 bits per heavy atom. The highest BCUT2D eigenvalue weighted by Crippen LogP contribution is 2.25. The van der Waals surface area contributed by atoms with E-state index in [1.807, 2.05) is 6.92 Å². The Bertz CT molecular complexity index is 1110. The monoisotopic (exact) mass is 436 g/mol. The highest BCUT2D eigenvalue weighted by molar-refractivity contribution is 7.91. The van der Waals surface area contributed by atoms with Crippen LogP contribution in [0.4, 0.5) is 5.69 Å². The molecule has 3 rings (SSSR count). The maximum Gasteiger partial charge on any atom is 0.255 e. The van der Waals surface area contributed by atoms with Gasteiger partial charge in [0.2, 0.25) is 10.0 Å². The highest BCUT2D eigenvalue weighted by Gasteiger charge is 2.28. The molecule has 1 saturated heterocycles. The fourth-order valence-corrected chi connectivity index (χ4v) is 5.82. The lowest BCUT2D eigenvalue weighted by Crippen LogP contribution is -2.39. The van der Waals surface area contributed by atoms with E-state index in [1.165, 1.54) is 40.7 Å². The molecule has 1 aliphatic heterocycles. The zero-order valence-corrected chi connectivity index (χ0v) is 18.0. The van der Waals surface area contributed by atoms with E-state index in [1.54, 1.807) is 12.1 Å². The smallest absolute Gasteiger partial charge is 0.255 e. The lowest BCUT2D eigenvalue weighted by molar-refractivity contribution is 0.102. The number of anilines is 1. The molecule has 156 valence electrons. The molecule has 1 amide bonds. The van der Waals surface area contributed by atoms with Crippen molar-refractivity contribution in [2.45, 2.75) is 29.6 Å². The van der Waals surface area contributed by atoms with E-state index >= 15 is 0 Å². The van der Waals surface area contributed by atoms with Crippen LogP contribution in [0.5, 0.6) is 0 Å². The standard InChI is InChI=1S/C20H24N2O5S2/c1-15-6-5-13-22(14-15)29(26,27)17-11-9-16(10-12-17)20(23)21-18-7-3-4-8-19(18)28(2,24)25/h3-4,7-12,15H,5-6,13-14H2,1-2H3,(H,21,23). The van der Waals surface area contributed by atoms with Gasteiger partial charge < -0.3 is 5.32 Å². The number of benzene rings is 2. The van der Waals surface area contributed by atoms with Crippen LogP contribution < -0.4 is 5.32 Å². The van der Waals surface area contributed by atoms with Crippen molar-refractivity contribution in [3.63, 3.8) is 0 Å². The van der Waals surface area contributed by atoms with Crippen LogP contribution in [-0.2, 0) is 19.9 Å². The third-order valence-corrected chi connectivity index (χ3v) is 7.94. The molecule has 29 heavy (non-hydrogen) atoms. The summed E-state index contributed by atoms with van der Waals surface area (Å²) in [6, 6.07) is 11.8. The Morgan fingerprint density at radius 3 is 2.31 bits per heavy atom. The van der Waals surface area contributed by atoms with Crippen LogP contribution in [0.2, 0.25) is 0 Å². The third kappa shape index (κ3) is 4.85. The van der Waals surface area contributed by atoms with Gasteiger partial charge in [0.1, 0.15) is 0 Å². The van der Waals surface area contributed by atoms with Crippen molar-refractivity contribution in [2.75, 3.05) is 24.7 Å². The van der Waals surface area contributed by atoms with Gasteiger partial charge in [-0.25, -0.2) is 16.8 Å². The number of hydrogen-bond donors (Lipinski definition) is 1. The average molecular weight is 437 g/mol. The van der Waals surface area contributed by atoms with Gasteiger partial charge in [-0.15, -0.1) is 0 Å². The Morgan fingerprint density at radius 2 is 1.69 bits per heavy atom. The SMILES string of the molecule is CC1CCCN(S(=O)(=O)c2ccc(C(=O)Nc3ccccc3S(C)(=O)=O)cc2)C1. The molecule has 0 aliphatic carbocycles. The predicted molar refractivity (Wildman–Crippen MR) is 111 cm³/mol. The van der Waals surface area contributed by atoms with Gasteiger partial charge in [0.25, 0.3) is 5.91 Å². The molecule has 9 heteroatoms. The molecule has 0 saturated carbocycles. The van der Waals surface area contributed by atoms with Crippen LogP contribution in [0.3, 0.4) is 0 Å². The van der Waals surface area contributed by atoms with Crippen LogP contribution in [0.15, 0.2) is 58.3 Å². The molecule has 7 nitrogen and oxygen atoms in total. The third-order valence-electron chi connectivity index (χ3n) is 4.91. The molecule has 1 atom stereocenters. The quantitative estimate of drug-likeness (QED) is 0.777. The molecule has 1 N–H and O–H groups in total. The van der Waals surface area contributed by atoms with Crippen molar-refractivity contribution < 1.29 is 21.6 Å². The van der Waals surface area contributed by atoms with Crippen molar-refractivity contribution in [1.29, 1.82) is 0 Å². The first kappa shape index (κ1) is 21.5. The van der Waals surface area contributed by atoms with Gasteiger partial charge in [-0.3, -0.25) is 4.79 Å². The molecule has 0 radical (unpaired) electrons. The van der Waals surface area contributed by atoms with E-state index in [0.717, 1.165) is 19.1 Å². The van der Waals surface area contributed by atoms with Crippen LogP contribution in [0.1, 0.15) is 30.1 Å². The summed E-state index contributed by atoms with van der Waals surface area (Å²) in [4.78, 5) is 12.7. The first-order chi connectivity index (χ1) is 13.6. The number of amides is 1. The first-order valence-electron chi connectivity index (χ1n) is 9.29. The molecular weight excluding hydrogens is 412 g/mol. The molecule has 0 spiro atoms. The zero-order chi connectivity index (χ0) is 21.2. The minimum absolute atomic E-state index is 0.0202. The number of carbonyl (C=O) groups is 1. The van der Waals surface area contributed by atoms with E-state index in [0.29, 0.717) is 19.0 Å². The summed E-state index contributed by atoms with van der Waals surface area (Å²) in [6.45, 7) is 3.02. The minimum atomic E-state index is -3.60. The summed E-state index contributed by atoms with van der Waals surface area (Å²) in [5.41, 5.74) is 0.415. The molecule has 1 fully saturated rings. The summed E-state index contributed by atoms with van der Waals surface area (Å²) in [5, 5.41) is 2.58. The second-order valence-corrected chi connectivity index (χ2v) is 11.3. The second kappa shape index (κ2) is 8.25. The summed E-state index contributed by atoms with van der Waals surface area (Å²) in [5.74, 6) is -0.199. The fraction of sp³-hybridized carbons (Fsp3) is 0.350. The molecule has 2 aromatic rings. The molecular formula is C20H24N2O5S2. The summed E-state index contributed by atoms with van der Waals surface area (Å²) in [6.07, 6.45) is 2.92. The normalized spacial score (nSPS) is 18.3. The Hall–Kier alpha value is -2.23. The Balaban J connectivity index is 1.80. The van der Waals surface area contributed by atoms with Crippen molar-refractivity contribution in [1.82, 2.24) is 4.31 Å². The molecule has 1 unspecified atom stereocenters. The highest BCUT2D eigenvalue weighted by atomic mass is 32.2. The van der Waals surface area contributed by atoms with Crippen LogP contribution >= 0.6 is 0 Å². The molecule has 1 heterocycles. The zero-order valence-electron chi connectivity index (χ0n) is 16.3. The van der Waals surface area contributed by atoms with E-state index in [9.17, 15) is 21.6 Å².